The van der Waals surface area contributed by atoms with Gasteiger partial charge in [0.2, 0.25) is 0 Å². The smallest absolute Gasteiger partial charge is 0.391 e. The third-order valence-electron chi connectivity index (χ3n) is 3.10. The Bertz CT molecular complexity index is 435. The van der Waals surface area contributed by atoms with Crippen LogP contribution in [0.1, 0.15) is 37.4 Å². The second-order valence-corrected chi connectivity index (χ2v) is 4.73. The maximum atomic E-state index is 12.1. The van der Waals surface area contributed by atoms with Crippen molar-refractivity contribution in [1.82, 2.24) is 5.32 Å². The lowest BCUT2D eigenvalue weighted by Crippen LogP contribution is -2.14. The third kappa shape index (κ3) is 6.35. The summed E-state index contributed by atoms with van der Waals surface area (Å²) in [6.45, 7) is 4.12. The molecule has 0 saturated carbocycles. The maximum Gasteiger partial charge on any atom is 0.391 e. The fourth-order valence-corrected chi connectivity index (χ4v) is 1.81. The van der Waals surface area contributed by atoms with Crippen molar-refractivity contribution in [3.8, 4) is 5.75 Å². The minimum absolute atomic E-state index is 0.107. The van der Waals surface area contributed by atoms with Crippen molar-refractivity contribution in [3.05, 3.63) is 29.3 Å². The van der Waals surface area contributed by atoms with Crippen molar-refractivity contribution in [2.24, 2.45) is 0 Å². The van der Waals surface area contributed by atoms with Crippen LogP contribution in [-0.2, 0) is 11.3 Å². The van der Waals surface area contributed by atoms with Gasteiger partial charge in [0.1, 0.15) is 5.75 Å². The number of benzene rings is 1. The van der Waals surface area contributed by atoms with Crippen LogP contribution in [-0.4, -0.2) is 26.4 Å². The molecule has 0 aliphatic rings. The van der Waals surface area contributed by atoms with Crippen LogP contribution in [0.2, 0.25) is 0 Å². The van der Waals surface area contributed by atoms with Crippen LogP contribution in [0.5, 0.6) is 5.75 Å². The van der Waals surface area contributed by atoms with Gasteiger partial charge >= 0.3 is 6.18 Å². The molecular weight excluding hydrogens is 283 g/mol. The summed E-state index contributed by atoms with van der Waals surface area (Å²) < 4.78 is 46.9. The first kappa shape index (κ1) is 17.8. The van der Waals surface area contributed by atoms with Gasteiger partial charge in [0, 0.05) is 11.6 Å². The summed E-state index contributed by atoms with van der Waals surface area (Å²) in [6, 6.07) is 5.81. The van der Waals surface area contributed by atoms with Crippen molar-refractivity contribution in [1.29, 1.82) is 0 Å². The van der Waals surface area contributed by atoms with E-state index in [2.05, 4.69) is 5.32 Å². The number of alkyl halides is 3. The van der Waals surface area contributed by atoms with E-state index in [0.29, 0.717) is 12.4 Å². The van der Waals surface area contributed by atoms with Gasteiger partial charge in [0.05, 0.1) is 26.2 Å². The summed E-state index contributed by atoms with van der Waals surface area (Å²) in [5, 5.41) is 3.12. The van der Waals surface area contributed by atoms with E-state index in [9.17, 15) is 13.2 Å². The average Bonchev–Trinajstić information content (AvgIpc) is 2.43. The zero-order valence-corrected chi connectivity index (χ0v) is 12.6. The predicted molar refractivity (Wildman–Crippen MR) is 75.4 cm³/mol. The Morgan fingerprint density at radius 3 is 2.57 bits per heavy atom. The maximum absolute atomic E-state index is 12.1. The number of ether oxygens (including phenoxy) is 2. The molecule has 3 nitrogen and oxygen atoms in total. The second kappa shape index (κ2) is 8.24. The molecule has 0 amide bonds. The topological polar surface area (TPSA) is 30.5 Å². The molecule has 120 valence electrons. The van der Waals surface area contributed by atoms with Crippen molar-refractivity contribution >= 4 is 0 Å². The molecule has 0 aromatic heterocycles. The number of hydrogen-bond acceptors (Lipinski definition) is 3. The van der Waals surface area contributed by atoms with E-state index >= 15 is 0 Å². The fraction of sp³-hybridized carbons (Fsp3) is 0.600. The van der Waals surface area contributed by atoms with E-state index in [1.54, 1.807) is 0 Å². The Morgan fingerprint density at radius 1 is 1.29 bits per heavy atom. The zero-order chi connectivity index (χ0) is 15.9. The highest BCUT2D eigenvalue weighted by atomic mass is 19.4. The molecule has 0 fully saturated rings. The van der Waals surface area contributed by atoms with Crippen LogP contribution >= 0.6 is 0 Å². The number of halogens is 3. The molecular formula is C15H22F3NO2. The third-order valence-corrected chi connectivity index (χ3v) is 3.10. The zero-order valence-electron chi connectivity index (χ0n) is 12.6. The summed E-state index contributed by atoms with van der Waals surface area (Å²) in [4.78, 5) is 0. The van der Waals surface area contributed by atoms with Gasteiger partial charge in [-0.3, -0.25) is 0 Å². The number of hydrogen-bond donors (Lipinski definition) is 1. The van der Waals surface area contributed by atoms with Crippen LogP contribution in [0.15, 0.2) is 18.2 Å². The minimum atomic E-state index is -4.19. The Kier molecular flexibility index (Phi) is 6.98. The van der Waals surface area contributed by atoms with Gasteiger partial charge in [0.25, 0.3) is 0 Å². The molecule has 0 aliphatic heterocycles. The Labute approximate surface area is 123 Å². The summed E-state index contributed by atoms with van der Waals surface area (Å²) in [6.07, 6.45) is -5.13. The second-order valence-electron chi connectivity index (χ2n) is 4.73. The highest BCUT2D eigenvalue weighted by molar-refractivity contribution is 5.38. The van der Waals surface area contributed by atoms with E-state index < -0.39 is 12.6 Å². The molecule has 0 aliphatic carbocycles. The summed E-state index contributed by atoms with van der Waals surface area (Å²) in [7, 11) is 1.85. The van der Waals surface area contributed by atoms with E-state index in [0.717, 1.165) is 11.1 Å². The summed E-state index contributed by atoms with van der Waals surface area (Å²) in [5.41, 5.74) is 1.80. The quantitative estimate of drug-likeness (QED) is 0.740. The first-order valence-corrected chi connectivity index (χ1v) is 6.94. The molecule has 0 radical (unpaired) electrons. The highest BCUT2D eigenvalue weighted by Gasteiger charge is 2.26. The molecule has 0 bridgehead atoms. The molecule has 0 heterocycles. The van der Waals surface area contributed by atoms with Gasteiger partial charge in [-0.2, -0.15) is 13.2 Å². The van der Waals surface area contributed by atoms with Gasteiger partial charge in [-0.05, 0) is 38.6 Å². The predicted octanol–water partition coefficient (Wildman–Crippen LogP) is 3.83. The van der Waals surface area contributed by atoms with Gasteiger partial charge in [-0.15, -0.1) is 0 Å². The highest BCUT2D eigenvalue weighted by Crippen LogP contribution is 2.25. The minimum Gasteiger partial charge on any atom is -0.494 e. The van der Waals surface area contributed by atoms with E-state index in [1.165, 1.54) is 0 Å². The lowest BCUT2D eigenvalue weighted by Gasteiger charge is -2.16. The van der Waals surface area contributed by atoms with Crippen LogP contribution < -0.4 is 10.1 Å². The number of nitrogens with one attached hydrogen (secondary N) is 1. The molecule has 1 unspecified atom stereocenters. The Morgan fingerprint density at radius 2 is 2.00 bits per heavy atom. The van der Waals surface area contributed by atoms with E-state index in [-0.39, 0.29) is 19.3 Å². The molecule has 1 rings (SSSR count). The average molecular weight is 305 g/mol. The van der Waals surface area contributed by atoms with Crippen molar-refractivity contribution in [2.45, 2.75) is 39.1 Å². The standard InChI is InChI=1S/C15H22F3NO2/c1-4-21-14-6-5-12(11(2)19-3)9-13(14)10-20-8-7-15(16,17)18/h5-6,9,11,19H,4,7-8,10H2,1-3H3. The van der Waals surface area contributed by atoms with Crippen molar-refractivity contribution in [2.75, 3.05) is 20.3 Å². The monoisotopic (exact) mass is 305 g/mol. The normalized spacial score (nSPS) is 13.2. The van der Waals surface area contributed by atoms with Crippen molar-refractivity contribution < 1.29 is 22.6 Å². The summed E-state index contributed by atoms with van der Waals surface area (Å²) >= 11 is 0. The van der Waals surface area contributed by atoms with Gasteiger partial charge in [-0.25, -0.2) is 0 Å². The van der Waals surface area contributed by atoms with Gasteiger partial charge in [0.15, 0.2) is 0 Å². The molecule has 1 atom stereocenters. The van der Waals surface area contributed by atoms with Crippen LogP contribution in [0.4, 0.5) is 13.2 Å². The first-order chi connectivity index (χ1) is 9.87. The Hall–Kier alpha value is -1.27. The summed E-state index contributed by atoms with van der Waals surface area (Å²) in [5.74, 6) is 0.650. The SMILES string of the molecule is CCOc1ccc(C(C)NC)cc1COCCC(F)(F)F. The Balaban J connectivity index is 2.71. The van der Waals surface area contributed by atoms with Crippen LogP contribution in [0.25, 0.3) is 0 Å². The molecule has 0 spiro atoms. The molecule has 0 saturated heterocycles. The number of rotatable bonds is 8. The fourth-order valence-electron chi connectivity index (χ4n) is 1.81. The largest absolute Gasteiger partial charge is 0.494 e. The van der Waals surface area contributed by atoms with Gasteiger partial charge in [-0.1, -0.05) is 6.07 Å². The molecule has 1 aromatic rings. The molecule has 1 N–H and O–H groups in total. The van der Waals surface area contributed by atoms with E-state index in [1.807, 2.05) is 39.1 Å². The van der Waals surface area contributed by atoms with Crippen LogP contribution in [0, 0.1) is 0 Å². The van der Waals surface area contributed by atoms with E-state index in [4.69, 9.17) is 9.47 Å². The van der Waals surface area contributed by atoms with Crippen LogP contribution in [0.3, 0.4) is 0 Å². The lowest BCUT2D eigenvalue weighted by atomic mass is 10.0. The first-order valence-electron chi connectivity index (χ1n) is 6.94. The van der Waals surface area contributed by atoms with Gasteiger partial charge < -0.3 is 14.8 Å². The van der Waals surface area contributed by atoms with Crippen molar-refractivity contribution in [3.63, 3.8) is 0 Å². The lowest BCUT2D eigenvalue weighted by molar-refractivity contribution is -0.146. The molecule has 6 heteroatoms. The molecule has 1 aromatic carbocycles. The molecule has 21 heavy (non-hydrogen) atoms.